The van der Waals surface area contributed by atoms with Gasteiger partial charge in [-0.3, -0.25) is 9.36 Å². The number of nitrogens with one attached hydrogen (secondary N) is 1. The lowest BCUT2D eigenvalue weighted by Gasteiger charge is -2.19. The van der Waals surface area contributed by atoms with Crippen molar-refractivity contribution in [2.45, 2.75) is 56.8 Å². The Morgan fingerprint density at radius 1 is 1.22 bits per heavy atom. The molecule has 0 spiro atoms. The van der Waals surface area contributed by atoms with Gasteiger partial charge in [0.1, 0.15) is 5.76 Å². The minimum absolute atomic E-state index is 0.0332. The van der Waals surface area contributed by atoms with Crippen LogP contribution in [0.5, 0.6) is 0 Å². The number of carbonyl (C=O) groups excluding carboxylic acids is 1. The first-order chi connectivity index (χ1) is 15.4. The molecular weight excluding hydrogens is 424 g/mol. The van der Waals surface area contributed by atoms with Crippen molar-refractivity contribution in [3.63, 3.8) is 0 Å². The average Bonchev–Trinajstić information content (AvgIpc) is 3.53. The monoisotopic (exact) mass is 454 g/mol. The molecule has 3 aromatic rings. The summed E-state index contributed by atoms with van der Waals surface area (Å²) < 4.78 is 13.1. The predicted octanol–water partition coefficient (Wildman–Crippen LogP) is 4.27. The predicted molar refractivity (Wildman–Crippen MR) is 125 cm³/mol. The van der Waals surface area contributed by atoms with Crippen LogP contribution in [-0.4, -0.2) is 45.7 Å². The van der Waals surface area contributed by atoms with Gasteiger partial charge in [0.15, 0.2) is 11.0 Å². The van der Waals surface area contributed by atoms with Gasteiger partial charge in [0.25, 0.3) is 0 Å². The molecule has 1 aromatic carbocycles. The maximum absolute atomic E-state index is 12.3. The number of carbonyl (C=O) groups is 1. The number of hydrogen-bond acceptors (Lipinski definition) is 6. The lowest BCUT2D eigenvalue weighted by atomic mass is 9.87. The fourth-order valence-corrected chi connectivity index (χ4v) is 4.41. The van der Waals surface area contributed by atoms with Gasteiger partial charge in [-0.15, -0.1) is 10.2 Å². The summed E-state index contributed by atoms with van der Waals surface area (Å²) in [6.07, 6.45) is 3.85. The molecule has 1 saturated heterocycles. The van der Waals surface area contributed by atoms with Crippen LogP contribution in [0.4, 0.5) is 0 Å². The average molecular weight is 455 g/mol. The Labute approximate surface area is 192 Å². The van der Waals surface area contributed by atoms with Gasteiger partial charge < -0.3 is 14.5 Å². The lowest BCUT2D eigenvalue weighted by molar-refractivity contribution is -0.119. The van der Waals surface area contributed by atoms with Crippen LogP contribution < -0.4 is 5.32 Å². The fraction of sp³-hybridized carbons (Fsp3) is 0.458. The number of aromatic nitrogens is 3. The number of thioether (sulfide) groups is 1. The maximum Gasteiger partial charge on any atom is 0.230 e. The zero-order valence-corrected chi connectivity index (χ0v) is 19.7. The van der Waals surface area contributed by atoms with Crippen LogP contribution >= 0.6 is 11.8 Å². The molecular formula is C24H30N4O3S. The third kappa shape index (κ3) is 5.61. The number of nitrogens with zero attached hydrogens (tertiary/aromatic N) is 3. The van der Waals surface area contributed by atoms with E-state index in [1.165, 1.54) is 17.3 Å². The second-order valence-corrected chi connectivity index (χ2v) is 9.97. The Morgan fingerprint density at radius 3 is 2.69 bits per heavy atom. The van der Waals surface area contributed by atoms with Crippen LogP contribution in [0, 0.1) is 0 Å². The van der Waals surface area contributed by atoms with Crippen LogP contribution in [0.25, 0.3) is 11.4 Å². The molecule has 0 saturated carbocycles. The summed E-state index contributed by atoms with van der Waals surface area (Å²) in [4.78, 5) is 12.3. The van der Waals surface area contributed by atoms with Crippen molar-refractivity contribution in [1.29, 1.82) is 0 Å². The summed E-state index contributed by atoms with van der Waals surface area (Å²) in [5.41, 5.74) is 2.32. The van der Waals surface area contributed by atoms with Crippen molar-refractivity contribution >= 4 is 17.7 Å². The van der Waals surface area contributed by atoms with Crippen LogP contribution in [-0.2, 0) is 21.5 Å². The van der Waals surface area contributed by atoms with Gasteiger partial charge in [0.2, 0.25) is 5.91 Å². The molecule has 7 nitrogen and oxygen atoms in total. The number of furan rings is 1. The summed E-state index contributed by atoms with van der Waals surface area (Å²) in [6, 6.07) is 12.2. The molecule has 1 N–H and O–H groups in total. The molecule has 8 heteroatoms. The topological polar surface area (TPSA) is 82.2 Å². The van der Waals surface area contributed by atoms with E-state index < -0.39 is 0 Å². The molecule has 1 aliphatic heterocycles. The Balaban J connectivity index is 1.49. The van der Waals surface area contributed by atoms with Gasteiger partial charge in [-0.2, -0.15) is 0 Å². The van der Waals surface area contributed by atoms with Crippen molar-refractivity contribution in [2.75, 3.05) is 18.9 Å². The summed E-state index contributed by atoms with van der Waals surface area (Å²) in [6.45, 7) is 8.42. The van der Waals surface area contributed by atoms with E-state index in [1.807, 2.05) is 16.7 Å². The molecule has 0 radical (unpaired) electrons. The molecule has 1 aliphatic rings. The molecule has 2 aromatic heterocycles. The smallest absolute Gasteiger partial charge is 0.230 e. The van der Waals surface area contributed by atoms with Crippen LogP contribution in [0.1, 0.15) is 44.9 Å². The maximum atomic E-state index is 12.3. The molecule has 170 valence electrons. The first kappa shape index (κ1) is 22.6. The Kier molecular flexibility index (Phi) is 7.01. The number of benzene rings is 1. The van der Waals surface area contributed by atoms with Gasteiger partial charge >= 0.3 is 0 Å². The first-order valence-electron chi connectivity index (χ1n) is 11.0. The first-order valence-corrected chi connectivity index (χ1v) is 12.0. The fourth-order valence-electron chi connectivity index (χ4n) is 3.64. The van der Waals surface area contributed by atoms with Crippen molar-refractivity contribution in [2.24, 2.45) is 0 Å². The van der Waals surface area contributed by atoms with Gasteiger partial charge in [0, 0.05) is 18.7 Å². The highest BCUT2D eigenvalue weighted by Gasteiger charge is 2.20. The molecule has 1 atom stereocenters. The number of hydrogen-bond donors (Lipinski definition) is 1. The van der Waals surface area contributed by atoms with E-state index in [1.54, 1.807) is 6.26 Å². The zero-order valence-electron chi connectivity index (χ0n) is 18.8. The standard InChI is InChI=1S/C24H30N4O3S/c1-24(2,3)18-10-8-17(9-11-18)22-26-27-23(28(22)15-20-7-5-13-31-20)32-16-21(29)25-14-19-6-4-12-30-19/h5,7-11,13,19H,4,6,12,14-16H2,1-3H3,(H,25,29)/t19-/m1/s1. The second kappa shape index (κ2) is 9.92. The van der Waals surface area contributed by atoms with Crippen molar-refractivity contribution < 1.29 is 13.9 Å². The van der Waals surface area contributed by atoms with Gasteiger partial charge in [-0.1, -0.05) is 56.8 Å². The van der Waals surface area contributed by atoms with E-state index in [0.29, 0.717) is 18.2 Å². The Hall–Kier alpha value is -2.58. The van der Waals surface area contributed by atoms with Crippen LogP contribution in [0.3, 0.4) is 0 Å². The molecule has 1 amide bonds. The van der Waals surface area contributed by atoms with Crippen LogP contribution in [0.2, 0.25) is 0 Å². The number of rotatable bonds is 8. The summed E-state index contributed by atoms with van der Waals surface area (Å²) in [5.74, 6) is 1.80. The van der Waals surface area contributed by atoms with E-state index in [4.69, 9.17) is 9.15 Å². The van der Waals surface area contributed by atoms with E-state index in [2.05, 4.69) is 60.6 Å². The highest BCUT2D eigenvalue weighted by atomic mass is 32.2. The molecule has 32 heavy (non-hydrogen) atoms. The molecule has 0 unspecified atom stereocenters. The van der Waals surface area contributed by atoms with E-state index >= 15 is 0 Å². The third-order valence-electron chi connectivity index (χ3n) is 5.50. The highest BCUT2D eigenvalue weighted by Crippen LogP contribution is 2.28. The third-order valence-corrected chi connectivity index (χ3v) is 6.47. The zero-order chi connectivity index (χ0) is 22.6. The normalized spacial score (nSPS) is 16.4. The largest absolute Gasteiger partial charge is 0.467 e. The minimum atomic E-state index is -0.0332. The SMILES string of the molecule is CC(C)(C)c1ccc(-c2nnc(SCC(=O)NC[C@H]3CCCO3)n2Cc2ccco2)cc1. The molecule has 4 rings (SSSR count). The molecule has 0 aliphatic carbocycles. The molecule has 1 fully saturated rings. The van der Waals surface area contributed by atoms with Gasteiger partial charge in [0.05, 0.1) is 24.7 Å². The minimum Gasteiger partial charge on any atom is -0.467 e. The Morgan fingerprint density at radius 2 is 2.03 bits per heavy atom. The van der Waals surface area contributed by atoms with Crippen molar-refractivity contribution in [3.05, 3.63) is 54.0 Å². The molecule has 0 bridgehead atoms. The van der Waals surface area contributed by atoms with Gasteiger partial charge in [-0.25, -0.2) is 0 Å². The molecule has 3 heterocycles. The summed E-state index contributed by atoms with van der Waals surface area (Å²) in [5, 5.41) is 12.5. The van der Waals surface area contributed by atoms with E-state index in [9.17, 15) is 4.79 Å². The quantitative estimate of drug-likeness (QED) is 0.512. The second-order valence-electron chi connectivity index (χ2n) is 9.03. The lowest BCUT2D eigenvalue weighted by Crippen LogP contribution is -2.32. The van der Waals surface area contributed by atoms with E-state index in [-0.39, 0.29) is 23.2 Å². The number of ether oxygens (including phenoxy) is 1. The Bertz CT molecular complexity index is 1020. The van der Waals surface area contributed by atoms with Gasteiger partial charge in [-0.05, 0) is 36.0 Å². The number of amides is 1. The summed E-state index contributed by atoms with van der Waals surface area (Å²) in [7, 11) is 0. The van der Waals surface area contributed by atoms with Crippen molar-refractivity contribution in [3.8, 4) is 11.4 Å². The van der Waals surface area contributed by atoms with Crippen molar-refractivity contribution in [1.82, 2.24) is 20.1 Å². The summed E-state index contributed by atoms with van der Waals surface area (Å²) >= 11 is 1.38. The van der Waals surface area contributed by atoms with E-state index in [0.717, 1.165) is 36.6 Å². The van der Waals surface area contributed by atoms with Crippen LogP contribution in [0.15, 0.2) is 52.2 Å². The highest BCUT2D eigenvalue weighted by molar-refractivity contribution is 7.99.